The van der Waals surface area contributed by atoms with Crippen LogP contribution in [-0.2, 0) is 6.42 Å². The van der Waals surface area contributed by atoms with Gasteiger partial charge in [0.25, 0.3) is 0 Å². The van der Waals surface area contributed by atoms with Crippen LogP contribution in [0.4, 0.5) is 5.82 Å². The molecule has 1 atom stereocenters. The summed E-state index contributed by atoms with van der Waals surface area (Å²) in [5.41, 5.74) is 2.88. The highest BCUT2D eigenvalue weighted by Gasteiger charge is 2.20. The molecule has 20 heavy (non-hydrogen) atoms. The lowest BCUT2D eigenvalue weighted by Crippen LogP contribution is -2.18. The number of rotatable bonds is 2. The maximum atomic E-state index is 4.43. The van der Waals surface area contributed by atoms with Crippen LogP contribution in [0.3, 0.4) is 0 Å². The Morgan fingerprint density at radius 3 is 3.10 bits per heavy atom. The number of nitrogens with zero attached hydrogens (tertiary/aromatic N) is 2. The van der Waals surface area contributed by atoms with Crippen molar-refractivity contribution in [2.75, 3.05) is 5.32 Å². The Balaban J connectivity index is 1.72. The Hall–Kier alpha value is -1.94. The Morgan fingerprint density at radius 2 is 2.10 bits per heavy atom. The van der Waals surface area contributed by atoms with Gasteiger partial charge in [0.2, 0.25) is 0 Å². The molecule has 3 aromatic rings. The molecule has 0 fully saturated rings. The molecule has 1 aliphatic rings. The van der Waals surface area contributed by atoms with Crippen LogP contribution in [0.15, 0.2) is 42.0 Å². The van der Waals surface area contributed by atoms with Crippen LogP contribution < -0.4 is 5.32 Å². The van der Waals surface area contributed by atoms with Gasteiger partial charge in [-0.1, -0.05) is 24.3 Å². The van der Waals surface area contributed by atoms with E-state index in [9.17, 15) is 0 Å². The zero-order chi connectivity index (χ0) is 13.4. The summed E-state index contributed by atoms with van der Waals surface area (Å²) < 4.78 is 0. The number of anilines is 1. The Kier molecular flexibility index (Phi) is 2.89. The van der Waals surface area contributed by atoms with Gasteiger partial charge in [-0.2, -0.15) is 0 Å². The van der Waals surface area contributed by atoms with E-state index in [0.29, 0.717) is 6.04 Å². The number of nitrogens with one attached hydrogen (secondary N) is 1. The summed E-state index contributed by atoms with van der Waals surface area (Å²) in [4.78, 5) is 9.79. The standard InChI is InChI=1S/C16H15N3S/c1-2-6-12-11(4-1)5-3-7-14(12)19-15-13-8-9-20-16(13)18-10-17-15/h1-2,4,6,8-10,14H,3,5,7H2,(H,17,18,19)/t14-/m0/s1. The summed E-state index contributed by atoms with van der Waals surface area (Å²) in [5, 5.41) is 6.82. The van der Waals surface area contributed by atoms with Crippen molar-refractivity contribution < 1.29 is 0 Å². The molecule has 1 aromatic carbocycles. The van der Waals surface area contributed by atoms with E-state index in [-0.39, 0.29) is 0 Å². The second kappa shape index (κ2) is 4.87. The maximum Gasteiger partial charge on any atom is 0.138 e. The zero-order valence-electron chi connectivity index (χ0n) is 11.0. The van der Waals surface area contributed by atoms with Crippen molar-refractivity contribution in [2.45, 2.75) is 25.3 Å². The van der Waals surface area contributed by atoms with Gasteiger partial charge in [0.15, 0.2) is 0 Å². The third-order valence-corrected chi connectivity index (χ3v) is 4.76. The fourth-order valence-corrected chi connectivity index (χ4v) is 3.71. The van der Waals surface area contributed by atoms with Gasteiger partial charge in [0, 0.05) is 0 Å². The van der Waals surface area contributed by atoms with Crippen molar-refractivity contribution in [3.05, 3.63) is 53.2 Å². The lowest BCUT2D eigenvalue weighted by Gasteiger charge is -2.26. The van der Waals surface area contributed by atoms with Crippen LogP contribution in [0.5, 0.6) is 0 Å². The van der Waals surface area contributed by atoms with Gasteiger partial charge in [-0.3, -0.25) is 0 Å². The third kappa shape index (κ3) is 1.96. The largest absolute Gasteiger partial charge is 0.363 e. The van der Waals surface area contributed by atoms with E-state index in [1.54, 1.807) is 17.7 Å². The molecule has 2 aromatic heterocycles. The fourth-order valence-electron chi connectivity index (χ4n) is 2.97. The Morgan fingerprint density at radius 1 is 1.15 bits per heavy atom. The van der Waals surface area contributed by atoms with Gasteiger partial charge in [0.05, 0.1) is 11.4 Å². The van der Waals surface area contributed by atoms with Gasteiger partial charge >= 0.3 is 0 Å². The lowest BCUT2D eigenvalue weighted by atomic mass is 9.88. The van der Waals surface area contributed by atoms with Crippen LogP contribution in [0.2, 0.25) is 0 Å². The molecular formula is C16H15N3S. The SMILES string of the molecule is c1ccc2c(c1)CCC[C@@H]2Nc1ncnc2sccc12. The molecular weight excluding hydrogens is 266 g/mol. The van der Waals surface area contributed by atoms with Crippen molar-refractivity contribution in [2.24, 2.45) is 0 Å². The molecule has 0 saturated carbocycles. The summed E-state index contributed by atoms with van der Waals surface area (Å²) in [6, 6.07) is 11.2. The van der Waals surface area contributed by atoms with Crippen molar-refractivity contribution in [1.29, 1.82) is 0 Å². The highest BCUT2D eigenvalue weighted by Crippen LogP contribution is 2.34. The molecule has 0 spiro atoms. The van der Waals surface area contributed by atoms with Gasteiger partial charge in [0.1, 0.15) is 17.0 Å². The van der Waals surface area contributed by atoms with Crippen LogP contribution >= 0.6 is 11.3 Å². The Bertz CT molecular complexity index is 750. The van der Waals surface area contributed by atoms with E-state index in [1.165, 1.54) is 24.0 Å². The van der Waals surface area contributed by atoms with E-state index in [1.807, 2.05) is 0 Å². The van der Waals surface area contributed by atoms with Gasteiger partial charge in [-0.25, -0.2) is 9.97 Å². The van der Waals surface area contributed by atoms with E-state index >= 15 is 0 Å². The highest BCUT2D eigenvalue weighted by atomic mass is 32.1. The molecule has 2 heterocycles. The Labute approximate surface area is 121 Å². The molecule has 0 radical (unpaired) electrons. The molecule has 1 N–H and O–H groups in total. The van der Waals surface area contributed by atoms with Gasteiger partial charge in [-0.15, -0.1) is 11.3 Å². The molecule has 100 valence electrons. The summed E-state index contributed by atoms with van der Waals surface area (Å²) in [6.07, 6.45) is 5.22. The normalized spacial score (nSPS) is 17.9. The third-order valence-electron chi connectivity index (χ3n) is 3.94. The number of thiophene rings is 1. The fraction of sp³-hybridized carbons (Fsp3) is 0.250. The summed E-state index contributed by atoms with van der Waals surface area (Å²) >= 11 is 1.66. The minimum atomic E-state index is 0.359. The van der Waals surface area contributed by atoms with Crippen LogP contribution in [0.1, 0.15) is 30.0 Å². The molecule has 3 nitrogen and oxygen atoms in total. The second-order valence-electron chi connectivity index (χ2n) is 5.15. The van der Waals surface area contributed by atoms with E-state index in [4.69, 9.17) is 0 Å². The first-order valence-electron chi connectivity index (χ1n) is 6.94. The molecule has 0 unspecified atom stereocenters. The molecule has 4 heteroatoms. The zero-order valence-corrected chi connectivity index (χ0v) is 11.9. The second-order valence-corrected chi connectivity index (χ2v) is 6.04. The monoisotopic (exact) mass is 281 g/mol. The molecule has 0 aliphatic heterocycles. The van der Waals surface area contributed by atoms with Crippen molar-refractivity contribution >= 4 is 27.4 Å². The van der Waals surface area contributed by atoms with Crippen molar-refractivity contribution in [1.82, 2.24) is 9.97 Å². The number of aromatic nitrogens is 2. The summed E-state index contributed by atoms with van der Waals surface area (Å²) in [6.45, 7) is 0. The first kappa shape index (κ1) is 11.9. The molecule has 4 rings (SSSR count). The van der Waals surface area contributed by atoms with E-state index in [2.05, 4.69) is 51.0 Å². The topological polar surface area (TPSA) is 37.8 Å². The van der Waals surface area contributed by atoms with Gasteiger partial charge < -0.3 is 5.32 Å². The van der Waals surface area contributed by atoms with Crippen LogP contribution in [0, 0.1) is 0 Å². The first-order valence-corrected chi connectivity index (χ1v) is 7.82. The number of hydrogen-bond acceptors (Lipinski definition) is 4. The van der Waals surface area contributed by atoms with E-state index in [0.717, 1.165) is 22.5 Å². The number of benzene rings is 1. The average molecular weight is 281 g/mol. The van der Waals surface area contributed by atoms with Crippen molar-refractivity contribution in [3.8, 4) is 0 Å². The van der Waals surface area contributed by atoms with Crippen LogP contribution in [0.25, 0.3) is 10.2 Å². The highest BCUT2D eigenvalue weighted by molar-refractivity contribution is 7.16. The van der Waals surface area contributed by atoms with Crippen LogP contribution in [-0.4, -0.2) is 9.97 Å². The number of hydrogen-bond donors (Lipinski definition) is 1. The molecule has 0 saturated heterocycles. The number of fused-ring (bicyclic) bond motifs is 2. The smallest absolute Gasteiger partial charge is 0.138 e. The maximum absolute atomic E-state index is 4.43. The molecule has 0 bridgehead atoms. The average Bonchev–Trinajstić information content (AvgIpc) is 2.97. The van der Waals surface area contributed by atoms with Crippen molar-refractivity contribution in [3.63, 3.8) is 0 Å². The quantitative estimate of drug-likeness (QED) is 0.765. The summed E-state index contributed by atoms with van der Waals surface area (Å²) in [7, 11) is 0. The molecule has 1 aliphatic carbocycles. The lowest BCUT2D eigenvalue weighted by molar-refractivity contribution is 0.599. The van der Waals surface area contributed by atoms with Gasteiger partial charge in [-0.05, 0) is 41.8 Å². The van der Waals surface area contributed by atoms with E-state index < -0.39 is 0 Å². The minimum absolute atomic E-state index is 0.359. The predicted molar refractivity (Wildman–Crippen MR) is 83.2 cm³/mol. The molecule has 0 amide bonds. The summed E-state index contributed by atoms with van der Waals surface area (Å²) in [5.74, 6) is 0.956. The first-order chi connectivity index (χ1) is 9.92. The predicted octanol–water partition coefficient (Wildman–Crippen LogP) is 4.18. The number of aryl methyl sites for hydroxylation is 1. The minimum Gasteiger partial charge on any atom is -0.363 e.